The molecule has 2 N–H and O–H groups in total. The van der Waals surface area contributed by atoms with Crippen LogP contribution in [0.25, 0.3) is 15.9 Å². The van der Waals surface area contributed by atoms with Crippen molar-refractivity contribution in [3.8, 4) is 5.75 Å². The standard InChI is InChI=1S/C22H19ClN4O3S2/c23-20-21(26-10-11-31-22(26)25-20)32(28,29)27-13-16(8-9-24)18-12-17(6-7-19(18)27)30-14-15-4-2-1-3-5-15/h1-7,10-13H,8-9,14,24H2. The fourth-order valence-corrected chi connectivity index (χ4v) is 6.50. The summed E-state index contributed by atoms with van der Waals surface area (Å²) in [6.45, 7) is 0.801. The second-order valence-electron chi connectivity index (χ2n) is 7.21. The van der Waals surface area contributed by atoms with Crippen LogP contribution >= 0.6 is 22.9 Å². The molecular weight excluding hydrogens is 468 g/mol. The highest BCUT2D eigenvalue weighted by Gasteiger charge is 2.29. The second-order valence-corrected chi connectivity index (χ2v) is 10.2. The van der Waals surface area contributed by atoms with Gasteiger partial charge in [0.2, 0.25) is 5.03 Å². The lowest BCUT2D eigenvalue weighted by atomic mass is 10.1. The molecule has 0 fully saturated rings. The molecule has 0 aliphatic rings. The van der Waals surface area contributed by atoms with Gasteiger partial charge in [-0.15, -0.1) is 11.3 Å². The molecule has 0 unspecified atom stereocenters. The van der Waals surface area contributed by atoms with Crippen molar-refractivity contribution in [1.29, 1.82) is 0 Å². The Balaban J connectivity index is 1.59. The van der Waals surface area contributed by atoms with Gasteiger partial charge in [-0.2, -0.15) is 8.42 Å². The number of benzene rings is 2. The first kappa shape index (κ1) is 21.0. The van der Waals surface area contributed by atoms with Gasteiger partial charge in [-0.25, -0.2) is 8.96 Å². The van der Waals surface area contributed by atoms with Crippen molar-refractivity contribution in [3.63, 3.8) is 0 Å². The Labute approximate surface area is 193 Å². The van der Waals surface area contributed by atoms with Gasteiger partial charge in [-0.3, -0.25) is 4.40 Å². The Hall–Kier alpha value is -2.85. The fourth-order valence-electron chi connectivity index (χ4n) is 3.69. The van der Waals surface area contributed by atoms with Crippen LogP contribution in [0.3, 0.4) is 0 Å². The monoisotopic (exact) mass is 486 g/mol. The second kappa shape index (κ2) is 8.25. The molecule has 3 heterocycles. The predicted octanol–water partition coefficient (Wildman–Crippen LogP) is 4.32. The number of fused-ring (bicyclic) bond motifs is 2. The first-order valence-corrected chi connectivity index (χ1v) is 12.6. The Kier molecular flexibility index (Phi) is 5.42. The molecular formula is C22H19ClN4O3S2. The van der Waals surface area contributed by atoms with Gasteiger partial charge in [-0.05, 0) is 42.3 Å². The van der Waals surface area contributed by atoms with Crippen LogP contribution in [0.1, 0.15) is 11.1 Å². The van der Waals surface area contributed by atoms with E-state index in [2.05, 4.69) is 4.98 Å². The Morgan fingerprint density at radius 3 is 2.75 bits per heavy atom. The third-order valence-corrected chi connectivity index (χ3v) is 8.00. The largest absolute Gasteiger partial charge is 0.489 e. The number of hydrogen-bond acceptors (Lipinski definition) is 6. The van der Waals surface area contributed by atoms with Gasteiger partial charge in [0, 0.05) is 23.2 Å². The van der Waals surface area contributed by atoms with E-state index in [9.17, 15) is 8.42 Å². The number of halogens is 1. The van der Waals surface area contributed by atoms with Crippen molar-refractivity contribution in [2.45, 2.75) is 18.1 Å². The number of nitrogens with zero attached hydrogens (tertiary/aromatic N) is 3. The zero-order valence-electron chi connectivity index (χ0n) is 16.8. The molecule has 0 aliphatic carbocycles. The van der Waals surface area contributed by atoms with E-state index < -0.39 is 10.0 Å². The number of aromatic nitrogens is 3. The maximum absolute atomic E-state index is 13.6. The summed E-state index contributed by atoms with van der Waals surface area (Å²) in [5.74, 6) is 0.650. The quantitative estimate of drug-likeness (QED) is 0.370. The number of hydrogen-bond donors (Lipinski definition) is 1. The van der Waals surface area contributed by atoms with Crippen LogP contribution in [0.5, 0.6) is 5.75 Å². The van der Waals surface area contributed by atoms with Crippen LogP contribution in [-0.4, -0.2) is 28.3 Å². The van der Waals surface area contributed by atoms with Gasteiger partial charge in [0.15, 0.2) is 10.1 Å². The molecule has 10 heteroatoms. The molecule has 2 aromatic carbocycles. The predicted molar refractivity (Wildman–Crippen MR) is 126 cm³/mol. The number of nitrogens with two attached hydrogens (primary N) is 1. The van der Waals surface area contributed by atoms with Crippen LogP contribution in [0.2, 0.25) is 5.15 Å². The molecule has 0 radical (unpaired) electrons. The first-order valence-electron chi connectivity index (χ1n) is 9.86. The average molecular weight is 487 g/mol. The lowest BCUT2D eigenvalue weighted by Gasteiger charge is -2.09. The molecule has 0 saturated heterocycles. The van der Waals surface area contributed by atoms with Gasteiger partial charge in [0.1, 0.15) is 12.4 Å². The van der Waals surface area contributed by atoms with Crippen molar-refractivity contribution in [2.24, 2.45) is 5.73 Å². The van der Waals surface area contributed by atoms with Crippen LogP contribution in [0, 0.1) is 0 Å². The minimum atomic E-state index is -4.00. The lowest BCUT2D eigenvalue weighted by Crippen LogP contribution is -2.14. The molecule has 0 spiro atoms. The van der Waals surface area contributed by atoms with Crippen LogP contribution in [0.15, 0.2) is 71.3 Å². The number of imidazole rings is 1. The summed E-state index contributed by atoms with van der Waals surface area (Å²) in [4.78, 5) is 4.69. The summed E-state index contributed by atoms with van der Waals surface area (Å²) in [5, 5.41) is 2.42. The van der Waals surface area contributed by atoms with E-state index in [1.165, 1.54) is 19.7 Å². The SMILES string of the molecule is NCCc1cn(S(=O)(=O)c2c(Cl)nc3sccn23)c2ccc(OCc3ccccc3)cc12. The molecule has 3 aromatic heterocycles. The van der Waals surface area contributed by atoms with E-state index in [0.717, 1.165) is 16.5 Å². The minimum Gasteiger partial charge on any atom is -0.489 e. The lowest BCUT2D eigenvalue weighted by molar-refractivity contribution is 0.306. The third kappa shape index (κ3) is 3.57. The maximum atomic E-state index is 13.6. The molecule has 7 nitrogen and oxygen atoms in total. The van der Waals surface area contributed by atoms with E-state index in [-0.39, 0.29) is 10.2 Å². The van der Waals surface area contributed by atoms with E-state index in [1.54, 1.807) is 29.9 Å². The zero-order chi connectivity index (χ0) is 22.3. The average Bonchev–Trinajstić information content (AvgIpc) is 3.46. The number of thiazole rings is 1. The van der Waals surface area contributed by atoms with Gasteiger partial charge < -0.3 is 10.5 Å². The summed E-state index contributed by atoms with van der Waals surface area (Å²) in [6.07, 6.45) is 3.78. The molecule has 0 saturated carbocycles. The molecule has 5 aromatic rings. The topological polar surface area (TPSA) is 91.6 Å². The van der Waals surface area contributed by atoms with Crippen LogP contribution in [-0.2, 0) is 23.1 Å². The van der Waals surface area contributed by atoms with Crippen molar-refractivity contribution in [3.05, 3.63) is 82.6 Å². The number of rotatable bonds is 7. The highest BCUT2D eigenvalue weighted by Crippen LogP contribution is 2.33. The van der Waals surface area contributed by atoms with Crippen molar-refractivity contribution >= 4 is 48.8 Å². The van der Waals surface area contributed by atoms with E-state index in [1.807, 2.05) is 36.4 Å². The smallest absolute Gasteiger partial charge is 0.287 e. The minimum absolute atomic E-state index is 0.0538. The van der Waals surface area contributed by atoms with Gasteiger partial charge in [0.05, 0.1) is 5.52 Å². The molecule has 0 aliphatic heterocycles. The van der Waals surface area contributed by atoms with E-state index in [4.69, 9.17) is 22.1 Å². The molecule has 32 heavy (non-hydrogen) atoms. The molecule has 5 rings (SSSR count). The first-order chi connectivity index (χ1) is 15.5. The molecule has 0 bridgehead atoms. The molecule has 0 amide bonds. The Morgan fingerprint density at radius 2 is 1.97 bits per heavy atom. The van der Waals surface area contributed by atoms with Crippen molar-refractivity contribution in [2.75, 3.05) is 6.54 Å². The highest BCUT2D eigenvalue weighted by atomic mass is 35.5. The zero-order valence-corrected chi connectivity index (χ0v) is 19.2. The molecule has 0 atom stereocenters. The third-order valence-electron chi connectivity index (χ3n) is 5.17. The summed E-state index contributed by atoms with van der Waals surface area (Å²) in [6, 6.07) is 15.2. The molecule has 164 valence electrons. The summed E-state index contributed by atoms with van der Waals surface area (Å²) in [7, 11) is -4.00. The van der Waals surface area contributed by atoms with E-state index in [0.29, 0.717) is 35.8 Å². The van der Waals surface area contributed by atoms with E-state index >= 15 is 0 Å². The summed E-state index contributed by atoms with van der Waals surface area (Å²) in [5.41, 5.74) is 8.19. The van der Waals surface area contributed by atoms with Gasteiger partial charge in [0.25, 0.3) is 10.0 Å². The van der Waals surface area contributed by atoms with Crippen LogP contribution in [0.4, 0.5) is 0 Å². The van der Waals surface area contributed by atoms with Crippen LogP contribution < -0.4 is 10.5 Å². The normalized spacial score (nSPS) is 12.1. The van der Waals surface area contributed by atoms with Gasteiger partial charge in [-0.1, -0.05) is 41.9 Å². The van der Waals surface area contributed by atoms with Crippen molar-refractivity contribution in [1.82, 2.24) is 13.4 Å². The van der Waals surface area contributed by atoms with Crippen molar-refractivity contribution < 1.29 is 13.2 Å². The highest BCUT2D eigenvalue weighted by molar-refractivity contribution is 7.90. The fraction of sp³-hybridized carbons (Fsp3) is 0.136. The summed E-state index contributed by atoms with van der Waals surface area (Å²) >= 11 is 7.55. The summed E-state index contributed by atoms with van der Waals surface area (Å²) < 4.78 is 35.9. The maximum Gasteiger partial charge on any atom is 0.287 e. The number of ether oxygens (including phenoxy) is 1. The Morgan fingerprint density at radius 1 is 1.16 bits per heavy atom. The van der Waals surface area contributed by atoms with Gasteiger partial charge >= 0.3 is 0 Å². The Bertz CT molecular complexity index is 1520.